The van der Waals surface area contributed by atoms with E-state index in [-0.39, 0.29) is 0 Å². The minimum absolute atomic E-state index is 0.325. The molecule has 7 rings (SSSR count). The Morgan fingerprint density at radius 1 is 0.812 bits per heavy atom. The maximum absolute atomic E-state index is 9.91. The average Bonchev–Trinajstić information content (AvgIpc) is 3.17. The summed E-state index contributed by atoms with van der Waals surface area (Å²) in [5, 5.41) is 18.1. The second-order valence-electron chi connectivity index (χ2n) is 8.93. The van der Waals surface area contributed by atoms with Crippen LogP contribution in [0.1, 0.15) is 30.9 Å². The van der Waals surface area contributed by atoms with Gasteiger partial charge in [-0.05, 0) is 51.9 Å². The highest BCUT2D eigenvalue weighted by atomic mass is 14.9. The molecule has 0 atom stereocenters. The molecule has 0 aliphatic rings. The predicted octanol–water partition coefficient (Wildman–Crippen LogP) is 7.53. The van der Waals surface area contributed by atoms with Crippen molar-refractivity contribution in [3.63, 3.8) is 0 Å². The van der Waals surface area contributed by atoms with Crippen LogP contribution in [-0.2, 0) is 0 Å². The zero-order chi connectivity index (χ0) is 21.6. The van der Waals surface area contributed by atoms with Gasteiger partial charge in [-0.3, -0.25) is 4.98 Å². The Morgan fingerprint density at radius 2 is 1.69 bits per heavy atom. The smallest absolute Gasteiger partial charge is 0.0998 e. The number of rotatable bonds is 1. The summed E-state index contributed by atoms with van der Waals surface area (Å²) in [7, 11) is 0. The Kier molecular flexibility index (Phi) is 3.26. The fraction of sp³-hybridized carbons (Fsp3) is 0.103. The van der Waals surface area contributed by atoms with Crippen molar-refractivity contribution >= 4 is 59.8 Å². The average molecular weight is 409 g/mol. The van der Waals surface area contributed by atoms with Crippen molar-refractivity contribution in [2.75, 3.05) is 0 Å². The lowest BCUT2D eigenvalue weighted by Crippen LogP contribution is -2.00. The van der Waals surface area contributed by atoms with Gasteiger partial charge in [0.2, 0.25) is 0 Å². The summed E-state index contributed by atoms with van der Waals surface area (Å²) in [6.07, 6.45) is 1.91. The molecule has 0 aliphatic carbocycles. The third-order valence-corrected chi connectivity index (χ3v) is 6.92. The van der Waals surface area contributed by atoms with Crippen LogP contribution in [0.25, 0.3) is 59.8 Å². The quantitative estimate of drug-likeness (QED) is 0.208. The Balaban J connectivity index is 1.97. The van der Waals surface area contributed by atoms with E-state index in [1.165, 1.54) is 32.6 Å². The number of hydrogen-bond donors (Lipinski definition) is 0. The van der Waals surface area contributed by atoms with E-state index in [9.17, 15) is 5.26 Å². The standard InChI is InChI=1S/C29H19N3/c1-16(2)24-20-8-4-3-6-18(20)14-22-27-26-17(12-13-31-27)10-11-21-25-19(15-30)7-5-9-23(25)32(28(21)26)29(22)24/h3-14,16H,1-2H3. The van der Waals surface area contributed by atoms with E-state index in [2.05, 4.69) is 78.9 Å². The number of benzene rings is 4. The van der Waals surface area contributed by atoms with Gasteiger partial charge in [-0.2, -0.15) is 5.26 Å². The van der Waals surface area contributed by atoms with Gasteiger partial charge in [0.25, 0.3) is 0 Å². The van der Waals surface area contributed by atoms with Crippen LogP contribution in [0.15, 0.2) is 72.9 Å². The van der Waals surface area contributed by atoms with E-state index in [0.717, 1.165) is 32.7 Å². The van der Waals surface area contributed by atoms with Gasteiger partial charge >= 0.3 is 0 Å². The molecule has 0 saturated carbocycles. The van der Waals surface area contributed by atoms with Crippen LogP contribution in [0.3, 0.4) is 0 Å². The molecule has 32 heavy (non-hydrogen) atoms. The first-order valence-electron chi connectivity index (χ1n) is 11.0. The zero-order valence-corrected chi connectivity index (χ0v) is 17.8. The largest absolute Gasteiger partial charge is 0.307 e. The van der Waals surface area contributed by atoms with Gasteiger partial charge in [0.1, 0.15) is 0 Å². The first-order valence-corrected chi connectivity index (χ1v) is 11.0. The van der Waals surface area contributed by atoms with E-state index in [1.807, 2.05) is 18.3 Å². The van der Waals surface area contributed by atoms with Gasteiger partial charge in [-0.25, -0.2) is 0 Å². The Labute approximate surface area is 184 Å². The number of pyridine rings is 2. The van der Waals surface area contributed by atoms with E-state index in [0.29, 0.717) is 11.5 Å². The summed E-state index contributed by atoms with van der Waals surface area (Å²) >= 11 is 0. The summed E-state index contributed by atoms with van der Waals surface area (Å²) in [6, 6.07) is 25.8. The molecule has 0 fully saturated rings. The second-order valence-corrected chi connectivity index (χ2v) is 8.93. The first-order chi connectivity index (χ1) is 15.7. The van der Waals surface area contributed by atoms with Crippen molar-refractivity contribution < 1.29 is 0 Å². The molecule has 0 amide bonds. The normalized spacial score (nSPS) is 12.3. The lowest BCUT2D eigenvalue weighted by atomic mass is 9.91. The number of hydrogen-bond acceptors (Lipinski definition) is 2. The van der Waals surface area contributed by atoms with Crippen LogP contribution in [0.4, 0.5) is 0 Å². The van der Waals surface area contributed by atoms with Gasteiger partial charge in [0.15, 0.2) is 0 Å². The van der Waals surface area contributed by atoms with E-state index < -0.39 is 0 Å². The van der Waals surface area contributed by atoms with Crippen LogP contribution in [-0.4, -0.2) is 9.38 Å². The first kappa shape index (κ1) is 17.5. The third kappa shape index (κ3) is 1.98. The van der Waals surface area contributed by atoms with Crippen molar-refractivity contribution in [2.24, 2.45) is 0 Å². The minimum atomic E-state index is 0.325. The topological polar surface area (TPSA) is 41.1 Å². The van der Waals surface area contributed by atoms with Crippen LogP contribution < -0.4 is 0 Å². The van der Waals surface area contributed by atoms with Crippen LogP contribution in [0.5, 0.6) is 0 Å². The van der Waals surface area contributed by atoms with Gasteiger partial charge in [-0.1, -0.05) is 56.3 Å². The molecule has 0 bridgehead atoms. The van der Waals surface area contributed by atoms with Crippen LogP contribution >= 0.6 is 0 Å². The maximum atomic E-state index is 9.91. The summed E-state index contributed by atoms with van der Waals surface area (Å²) < 4.78 is 2.40. The molecule has 3 nitrogen and oxygen atoms in total. The van der Waals surface area contributed by atoms with Gasteiger partial charge in [0.05, 0.1) is 33.7 Å². The van der Waals surface area contributed by atoms with Crippen LogP contribution in [0, 0.1) is 11.3 Å². The molecule has 0 aliphatic heterocycles. The molecule has 4 aromatic carbocycles. The van der Waals surface area contributed by atoms with Crippen molar-refractivity contribution in [3.05, 3.63) is 84.1 Å². The number of fused-ring (bicyclic) bond motifs is 7. The monoisotopic (exact) mass is 409 g/mol. The number of nitriles is 1. The molecular weight excluding hydrogens is 390 g/mol. The molecule has 3 heteroatoms. The van der Waals surface area contributed by atoms with Crippen molar-refractivity contribution in [1.29, 1.82) is 5.26 Å². The van der Waals surface area contributed by atoms with Crippen molar-refractivity contribution in [1.82, 2.24) is 9.38 Å². The molecule has 0 radical (unpaired) electrons. The number of aromatic nitrogens is 2. The van der Waals surface area contributed by atoms with E-state index >= 15 is 0 Å². The third-order valence-electron chi connectivity index (χ3n) is 6.92. The molecule has 3 heterocycles. The minimum Gasteiger partial charge on any atom is -0.307 e. The van der Waals surface area contributed by atoms with Crippen molar-refractivity contribution in [3.8, 4) is 6.07 Å². The highest BCUT2D eigenvalue weighted by Crippen LogP contribution is 2.44. The van der Waals surface area contributed by atoms with Crippen LogP contribution in [0.2, 0.25) is 0 Å². The van der Waals surface area contributed by atoms with E-state index in [4.69, 9.17) is 4.98 Å². The van der Waals surface area contributed by atoms with Gasteiger partial charge in [0, 0.05) is 27.7 Å². The Bertz CT molecular complexity index is 1920. The molecule has 0 N–H and O–H groups in total. The predicted molar refractivity (Wildman–Crippen MR) is 133 cm³/mol. The summed E-state index contributed by atoms with van der Waals surface area (Å²) in [4.78, 5) is 4.90. The van der Waals surface area contributed by atoms with Crippen molar-refractivity contribution in [2.45, 2.75) is 19.8 Å². The SMILES string of the molecule is CC(C)c1c2ccccc2cc2c3nccc4ccc5c6c(C#N)cccc6n(c12)c5c43. The highest BCUT2D eigenvalue weighted by molar-refractivity contribution is 6.29. The molecule has 0 unspecified atom stereocenters. The lowest BCUT2D eigenvalue weighted by Gasteiger charge is -2.19. The van der Waals surface area contributed by atoms with Gasteiger partial charge < -0.3 is 4.40 Å². The molecule has 0 spiro atoms. The maximum Gasteiger partial charge on any atom is 0.0998 e. The summed E-state index contributed by atoms with van der Waals surface area (Å²) in [5.74, 6) is 0.325. The fourth-order valence-electron chi connectivity index (χ4n) is 5.72. The highest BCUT2D eigenvalue weighted by Gasteiger charge is 2.23. The second kappa shape index (κ2) is 5.96. The Morgan fingerprint density at radius 3 is 2.53 bits per heavy atom. The molecular formula is C29H19N3. The number of nitrogens with zero attached hydrogens (tertiary/aromatic N) is 3. The summed E-state index contributed by atoms with van der Waals surface area (Å²) in [5.41, 5.74) is 6.52. The van der Waals surface area contributed by atoms with Gasteiger partial charge in [-0.15, -0.1) is 0 Å². The zero-order valence-electron chi connectivity index (χ0n) is 17.8. The van der Waals surface area contributed by atoms with E-state index in [1.54, 1.807) is 0 Å². The Hall–Kier alpha value is -4.16. The lowest BCUT2D eigenvalue weighted by molar-refractivity contribution is 0.881. The molecule has 0 saturated heterocycles. The molecule has 3 aromatic heterocycles. The summed E-state index contributed by atoms with van der Waals surface area (Å²) in [6.45, 7) is 4.53. The fourth-order valence-corrected chi connectivity index (χ4v) is 5.72. The molecule has 7 aromatic rings. The molecule has 150 valence electrons.